The molecule has 1 nitrogen and oxygen atoms in total. The van der Waals surface area contributed by atoms with Crippen LogP contribution in [0.5, 0.6) is 0 Å². The maximum Gasteiger partial charge on any atom is 0.150 e. The fourth-order valence-corrected chi connectivity index (χ4v) is 3.58. The maximum absolute atomic E-state index is 12.0. The third kappa shape index (κ3) is 3.08. The lowest BCUT2D eigenvalue weighted by Crippen LogP contribution is -2.48. The summed E-state index contributed by atoms with van der Waals surface area (Å²) in [5.41, 5.74) is 0. The molecule has 1 fully saturated rings. The molecular weight excluding hydrogens is 456 g/mol. The van der Waals surface area contributed by atoms with E-state index in [4.69, 9.17) is 0 Å². The average molecular weight is 470 g/mol. The van der Waals surface area contributed by atoms with Crippen molar-refractivity contribution in [3.8, 4) is 0 Å². The highest BCUT2D eigenvalue weighted by molar-refractivity contribution is 9.13. The van der Waals surface area contributed by atoms with Crippen molar-refractivity contribution in [2.75, 3.05) is 5.33 Å². The molecule has 0 N–H and O–H groups in total. The Morgan fingerprint density at radius 3 is 2.53 bits per heavy atom. The van der Waals surface area contributed by atoms with Crippen molar-refractivity contribution in [2.24, 2.45) is 5.92 Å². The van der Waals surface area contributed by atoms with Gasteiger partial charge in [-0.25, -0.2) is 0 Å². The van der Waals surface area contributed by atoms with Gasteiger partial charge >= 0.3 is 0 Å². The summed E-state index contributed by atoms with van der Waals surface area (Å²) in [6.45, 7) is 4.08. The number of hydrogen-bond acceptors (Lipinski definition) is 1. The standard InChI is InChI=1S/C10H14Br4O/c1-9(13,5-11)6-3-7(12)10(2,14)8(15)4-6/h6-7H,3-5H2,1-2H3/t6-,7+,9+,10+/m1/s1. The Balaban J connectivity index is 2.82. The Bertz CT molecular complexity index is 262. The average Bonchev–Trinajstić information content (AvgIpc) is 2.14. The smallest absolute Gasteiger partial charge is 0.150 e. The maximum atomic E-state index is 12.0. The SMILES string of the molecule is C[C@](Br)(CBr)[C@H]1CC(=O)[C@@](C)(Br)[C@@H](Br)C1. The van der Waals surface area contributed by atoms with Gasteiger partial charge in [0.1, 0.15) is 0 Å². The molecule has 1 aliphatic rings. The molecule has 1 aliphatic carbocycles. The van der Waals surface area contributed by atoms with Crippen LogP contribution in [0, 0.1) is 5.92 Å². The summed E-state index contributed by atoms with van der Waals surface area (Å²) in [5, 5.41) is 0.858. The van der Waals surface area contributed by atoms with Gasteiger partial charge < -0.3 is 0 Å². The molecule has 0 amide bonds. The number of halogens is 4. The summed E-state index contributed by atoms with van der Waals surface area (Å²) in [6, 6.07) is 0. The second kappa shape index (κ2) is 5.07. The van der Waals surface area contributed by atoms with E-state index in [1.807, 2.05) is 6.92 Å². The predicted octanol–water partition coefficient (Wildman–Crippen LogP) is 4.43. The molecule has 0 bridgehead atoms. The predicted molar refractivity (Wildman–Crippen MR) is 78.9 cm³/mol. The van der Waals surface area contributed by atoms with Crippen molar-refractivity contribution in [3.05, 3.63) is 0 Å². The van der Waals surface area contributed by atoms with Crippen molar-refractivity contribution >= 4 is 69.5 Å². The van der Waals surface area contributed by atoms with Crippen molar-refractivity contribution in [1.82, 2.24) is 0 Å². The topological polar surface area (TPSA) is 17.1 Å². The first-order valence-electron chi connectivity index (χ1n) is 4.83. The quantitative estimate of drug-likeness (QED) is 0.547. The summed E-state index contributed by atoms with van der Waals surface area (Å²) in [7, 11) is 0. The number of ketones is 1. The summed E-state index contributed by atoms with van der Waals surface area (Å²) >= 11 is 14.3. The number of carbonyl (C=O) groups excluding carboxylic acids is 1. The molecule has 0 saturated heterocycles. The van der Waals surface area contributed by atoms with Gasteiger partial charge in [-0.2, -0.15) is 0 Å². The van der Waals surface area contributed by atoms with E-state index in [2.05, 4.69) is 70.6 Å². The van der Waals surface area contributed by atoms with Crippen molar-refractivity contribution in [1.29, 1.82) is 0 Å². The van der Waals surface area contributed by atoms with Crippen LogP contribution in [0.15, 0.2) is 0 Å². The highest BCUT2D eigenvalue weighted by Gasteiger charge is 2.47. The largest absolute Gasteiger partial charge is 0.298 e. The first kappa shape index (κ1) is 14.7. The zero-order valence-electron chi connectivity index (χ0n) is 8.70. The number of hydrogen-bond donors (Lipinski definition) is 0. The Morgan fingerprint density at radius 2 is 2.13 bits per heavy atom. The van der Waals surface area contributed by atoms with E-state index in [1.54, 1.807) is 0 Å². The van der Waals surface area contributed by atoms with Crippen molar-refractivity contribution in [3.63, 3.8) is 0 Å². The van der Waals surface area contributed by atoms with E-state index in [0.717, 1.165) is 11.8 Å². The molecule has 1 saturated carbocycles. The molecule has 0 spiro atoms. The van der Waals surface area contributed by atoms with E-state index in [0.29, 0.717) is 12.3 Å². The lowest BCUT2D eigenvalue weighted by molar-refractivity contribution is -0.123. The molecule has 1 rings (SSSR count). The van der Waals surface area contributed by atoms with Gasteiger partial charge in [-0.05, 0) is 26.2 Å². The Kier molecular flexibility index (Phi) is 4.95. The van der Waals surface area contributed by atoms with E-state index in [9.17, 15) is 4.79 Å². The van der Waals surface area contributed by atoms with Crippen LogP contribution in [0.3, 0.4) is 0 Å². The summed E-state index contributed by atoms with van der Waals surface area (Å²) in [6.07, 6.45) is 1.64. The van der Waals surface area contributed by atoms with E-state index < -0.39 is 4.32 Å². The first-order valence-corrected chi connectivity index (χ1v) is 8.45. The second-order valence-electron chi connectivity index (χ2n) is 4.51. The summed E-state index contributed by atoms with van der Waals surface area (Å²) < 4.78 is -0.406. The fraction of sp³-hybridized carbons (Fsp3) is 0.900. The number of alkyl halides is 4. The van der Waals surface area contributed by atoms with Gasteiger partial charge in [0.2, 0.25) is 0 Å². The third-order valence-corrected chi connectivity index (χ3v) is 8.91. The van der Waals surface area contributed by atoms with Gasteiger partial charge in [0.15, 0.2) is 5.78 Å². The van der Waals surface area contributed by atoms with Gasteiger partial charge in [-0.15, -0.1) is 0 Å². The molecule has 0 unspecified atom stereocenters. The molecular formula is C10H14Br4O. The van der Waals surface area contributed by atoms with Crippen LogP contribution in [-0.4, -0.2) is 24.6 Å². The zero-order chi connectivity index (χ0) is 11.9. The zero-order valence-corrected chi connectivity index (χ0v) is 15.0. The van der Waals surface area contributed by atoms with Crippen LogP contribution in [0.25, 0.3) is 0 Å². The van der Waals surface area contributed by atoms with Gasteiger partial charge in [-0.1, -0.05) is 63.7 Å². The molecule has 88 valence electrons. The van der Waals surface area contributed by atoms with Crippen LogP contribution in [0.2, 0.25) is 0 Å². The van der Waals surface area contributed by atoms with Crippen LogP contribution in [-0.2, 0) is 4.79 Å². The fourth-order valence-electron chi connectivity index (χ4n) is 1.72. The molecule has 0 radical (unpaired) electrons. The molecule has 4 atom stereocenters. The Hall–Kier alpha value is 1.59. The molecule has 0 heterocycles. The van der Waals surface area contributed by atoms with Gasteiger partial charge in [0.25, 0.3) is 0 Å². The molecule has 0 aliphatic heterocycles. The molecule has 15 heavy (non-hydrogen) atoms. The normalized spacial score (nSPS) is 41.3. The molecule has 0 aromatic heterocycles. The minimum absolute atomic E-state index is 0.00181. The van der Waals surface area contributed by atoms with E-state index >= 15 is 0 Å². The minimum atomic E-state index is -0.404. The molecule has 0 aromatic carbocycles. The first-order chi connectivity index (χ1) is 6.71. The molecule has 5 heteroatoms. The Labute approximate surface area is 125 Å². The lowest BCUT2D eigenvalue weighted by atomic mass is 9.76. The Morgan fingerprint density at radius 1 is 1.60 bits per heavy atom. The van der Waals surface area contributed by atoms with Crippen LogP contribution in [0.1, 0.15) is 26.7 Å². The van der Waals surface area contributed by atoms with Crippen molar-refractivity contribution < 1.29 is 4.79 Å². The van der Waals surface area contributed by atoms with Gasteiger partial charge in [0, 0.05) is 20.9 Å². The summed E-state index contributed by atoms with van der Waals surface area (Å²) in [4.78, 5) is 12.2. The molecule has 0 aromatic rings. The summed E-state index contributed by atoms with van der Waals surface area (Å²) in [5.74, 6) is 0.659. The minimum Gasteiger partial charge on any atom is -0.298 e. The monoisotopic (exact) mass is 466 g/mol. The van der Waals surface area contributed by atoms with Crippen molar-refractivity contribution in [2.45, 2.75) is 40.2 Å². The van der Waals surface area contributed by atoms with Gasteiger partial charge in [0.05, 0.1) is 4.32 Å². The van der Waals surface area contributed by atoms with Gasteiger partial charge in [-0.3, -0.25) is 4.79 Å². The van der Waals surface area contributed by atoms with E-state index in [1.165, 1.54) is 0 Å². The second-order valence-corrected chi connectivity index (χ2v) is 9.64. The van der Waals surface area contributed by atoms with Crippen LogP contribution >= 0.6 is 63.7 Å². The highest BCUT2D eigenvalue weighted by atomic mass is 79.9. The third-order valence-electron chi connectivity index (χ3n) is 3.17. The van der Waals surface area contributed by atoms with Crippen LogP contribution < -0.4 is 0 Å². The van der Waals surface area contributed by atoms with E-state index in [-0.39, 0.29) is 14.9 Å². The highest BCUT2D eigenvalue weighted by Crippen LogP contribution is 2.46. The number of carbonyl (C=O) groups is 1. The number of Topliss-reactive ketones (excluding diaryl/α,β-unsaturated/α-hetero) is 1. The van der Waals surface area contributed by atoms with Crippen LogP contribution in [0.4, 0.5) is 0 Å². The number of rotatable bonds is 2. The lowest BCUT2D eigenvalue weighted by Gasteiger charge is -2.41.